The van der Waals surface area contributed by atoms with Crippen LogP contribution in [0.4, 0.5) is 0 Å². The number of carbonyl (C=O) groups excluding carboxylic acids is 1. The van der Waals surface area contributed by atoms with Gasteiger partial charge in [0.2, 0.25) is 0 Å². The molecule has 1 heterocycles. The second-order valence-electron chi connectivity index (χ2n) is 5.83. The summed E-state index contributed by atoms with van der Waals surface area (Å²) in [6.45, 7) is 2.72. The number of hydrogen-bond donors (Lipinski definition) is 2. The summed E-state index contributed by atoms with van der Waals surface area (Å²) < 4.78 is 6.03. The molecule has 136 valence electrons. The van der Waals surface area contributed by atoms with Gasteiger partial charge in [0, 0.05) is 17.7 Å². The van der Waals surface area contributed by atoms with Crippen molar-refractivity contribution in [2.45, 2.75) is 13.3 Å². The van der Waals surface area contributed by atoms with Crippen molar-refractivity contribution < 1.29 is 9.21 Å². The molecule has 5 nitrogen and oxygen atoms in total. The zero-order valence-electron chi connectivity index (χ0n) is 14.5. The lowest BCUT2D eigenvalue weighted by molar-refractivity contribution is 0.0954. The minimum absolute atomic E-state index is 0. The van der Waals surface area contributed by atoms with Gasteiger partial charge in [0.25, 0.3) is 5.91 Å². The predicted molar refractivity (Wildman–Crippen MR) is 106 cm³/mol. The number of nitrogens with one attached hydrogen (secondary N) is 1. The number of hydrogen-bond acceptors (Lipinski definition) is 4. The Bertz CT molecular complexity index is 968. The highest BCUT2D eigenvalue weighted by molar-refractivity contribution is 6.05. The standard InChI is InChI=1S/C20H20N2O3.ClH/c1-13-17(23)15-9-5-10-16(20(24)22-12-6-11-21)19(15)25-18(13)14-7-3-2-4-8-14;/h2-5,7-10H,6,11-12,21H2,1H3,(H,22,24);1H. The van der Waals surface area contributed by atoms with Gasteiger partial charge in [-0.1, -0.05) is 36.4 Å². The lowest BCUT2D eigenvalue weighted by Gasteiger charge is -2.10. The van der Waals surface area contributed by atoms with E-state index >= 15 is 0 Å². The van der Waals surface area contributed by atoms with Crippen molar-refractivity contribution in [1.29, 1.82) is 0 Å². The number of para-hydroxylation sites is 1. The fraction of sp³-hybridized carbons (Fsp3) is 0.200. The molecular weight excluding hydrogens is 352 g/mol. The topological polar surface area (TPSA) is 85.3 Å². The van der Waals surface area contributed by atoms with Gasteiger partial charge in [-0.05, 0) is 32.0 Å². The van der Waals surface area contributed by atoms with Crippen molar-refractivity contribution in [3.05, 3.63) is 69.9 Å². The van der Waals surface area contributed by atoms with Crippen LogP contribution in [0.1, 0.15) is 22.3 Å². The van der Waals surface area contributed by atoms with Crippen LogP contribution < -0.4 is 16.5 Å². The Morgan fingerprint density at radius 3 is 2.54 bits per heavy atom. The van der Waals surface area contributed by atoms with Gasteiger partial charge in [0.1, 0.15) is 5.76 Å². The summed E-state index contributed by atoms with van der Waals surface area (Å²) in [4.78, 5) is 25.2. The lowest BCUT2D eigenvalue weighted by atomic mass is 10.0. The van der Waals surface area contributed by atoms with Gasteiger partial charge in [0.05, 0.1) is 10.9 Å². The van der Waals surface area contributed by atoms with Crippen molar-refractivity contribution in [2.24, 2.45) is 5.73 Å². The van der Waals surface area contributed by atoms with Crippen molar-refractivity contribution >= 4 is 29.3 Å². The number of fused-ring (bicyclic) bond motifs is 1. The third-order valence-corrected chi connectivity index (χ3v) is 4.09. The normalized spacial score (nSPS) is 10.4. The highest BCUT2D eigenvalue weighted by Gasteiger charge is 2.17. The maximum Gasteiger partial charge on any atom is 0.255 e. The molecule has 0 aliphatic rings. The molecule has 0 atom stereocenters. The van der Waals surface area contributed by atoms with Crippen LogP contribution in [0, 0.1) is 6.92 Å². The number of amides is 1. The van der Waals surface area contributed by atoms with Crippen LogP contribution in [0.5, 0.6) is 0 Å². The summed E-state index contributed by atoms with van der Waals surface area (Å²) in [5.41, 5.74) is 7.31. The SMILES string of the molecule is Cc1c(-c2ccccc2)oc2c(C(=O)NCCCN)cccc2c1=O.Cl. The monoisotopic (exact) mass is 372 g/mol. The third kappa shape index (κ3) is 3.79. The van der Waals surface area contributed by atoms with Crippen molar-refractivity contribution in [1.82, 2.24) is 5.32 Å². The van der Waals surface area contributed by atoms with Gasteiger partial charge >= 0.3 is 0 Å². The Balaban J connectivity index is 0.00000243. The minimum Gasteiger partial charge on any atom is -0.455 e. The highest BCUT2D eigenvalue weighted by Crippen LogP contribution is 2.27. The molecule has 3 N–H and O–H groups in total. The highest BCUT2D eigenvalue weighted by atomic mass is 35.5. The fourth-order valence-electron chi connectivity index (χ4n) is 2.75. The van der Waals surface area contributed by atoms with Crippen LogP contribution in [0.15, 0.2) is 57.7 Å². The zero-order chi connectivity index (χ0) is 17.8. The molecule has 0 radical (unpaired) electrons. The Morgan fingerprint density at radius 1 is 1.12 bits per heavy atom. The second kappa shape index (κ2) is 8.65. The first-order valence-electron chi connectivity index (χ1n) is 8.23. The molecule has 0 fully saturated rings. The first-order valence-corrected chi connectivity index (χ1v) is 8.23. The van der Waals surface area contributed by atoms with E-state index in [-0.39, 0.29) is 23.7 Å². The molecule has 26 heavy (non-hydrogen) atoms. The van der Waals surface area contributed by atoms with E-state index in [9.17, 15) is 9.59 Å². The van der Waals surface area contributed by atoms with E-state index in [2.05, 4.69) is 5.32 Å². The average Bonchev–Trinajstić information content (AvgIpc) is 2.65. The van der Waals surface area contributed by atoms with Crippen LogP contribution in [0.2, 0.25) is 0 Å². The van der Waals surface area contributed by atoms with Gasteiger partial charge in [0.15, 0.2) is 11.0 Å². The van der Waals surface area contributed by atoms with Gasteiger partial charge in [-0.3, -0.25) is 9.59 Å². The molecule has 0 unspecified atom stereocenters. The molecule has 3 aromatic rings. The Hall–Kier alpha value is -2.63. The maximum absolute atomic E-state index is 12.7. The van der Waals surface area contributed by atoms with Gasteiger partial charge < -0.3 is 15.5 Å². The molecule has 0 spiro atoms. The summed E-state index contributed by atoms with van der Waals surface area (Å²) in [5, 5.41) is 3.21. The molecule has 0 aliphatic heterocycles. The van der Waals surface area contributed by atoms with E-state index in [0.29, 0.717) is 47.4 Å². The Kier molecular flexibility index (Phi) is 6.55. The fourth-order valence-corrected chi connectivity index (χ4v) is 2.75. The van der Waals surface area contributed by atoms with Crippen LogP contribution in [-0.2, 0) is 0 Å². The molecule has 0 saturated heterocycles. The number of rotatable bonds is 5. The Morgan fingerprint density at radius 2 is 1.85 bits per heavy atom. The van der Waals surface area contributed by atoms with Crippen molar-refractivity contribution in [2.75, 3.05) is 13.1 Å². The molecule has 0 bridgehead atoms. The zero-order valence-corrected chi connectivity index (χ0v) is 15.3. The largest absolute Gasteiger partial charge is 0.455 e. The van der Waals surface area contributed by atoms with Gasteiger partial charge in [-0.25, -0.2) is 0 Å². The van der Waals surface area contributed by atoms with E-state index in [1.807, 2.05) is 30.3 Å². The molecule has 2 aromatic carbocycles. The average molecular weight is 373 g/mol. The van der Waals surface area contributed by atoms with E-state index in [4.69, 9.17) is 10.2 Å². The van der Waals surface area contributed by atoms with E-state index in [0.717, 1.165) is 5.56 Å². The minimum atomic E-state index is -0.273. The molecule has 6 heteroatoms. The second-order valence-corrected chi connectivity index (χ2v) is 5.83. The summed E-state index contributed by atoms with van der Waals surface area (Å²) in [6.07, 6.45) is 0.689. The molecule has 1 aromatic heterocycles. The van der Waals surface area contributed by atoms with Gasteiger partial charge in [-0.2, -0.15) is 0 Å². The lowest BCUT2D eigenvalue weighted by Crippen LogP contribution is -2.26. The van der Waals surface area contributed by atoms with Crippen molar-refractivity contribution in [3.63, 3.8) is 0 Å². The smallest absolute Gasteiger partial charge is 0.255 e. The van der Waals surface area contributed by atoms with Gasteiger partial charge in [-0.15, -0.1) is 12.4 Å². The van der Waals surface area contributed by atoms with E-state index < -0.39 is 0 Å². The van der Waals surface area contributed by atoms with E-state index in [1.165, 1.54) is 0 Å². The number of nitrogens with two attached hydrogens (primary N) is 1. The number of benzene rings is 2. The van der Waals surface area contributed by atoms with Crippen molar-refractivity contribution in [3.8, 4) is 11.3 Å². The first-order chi connectivity index (χ1) is 12.1. The molecular formula is C20H21ClN2O3. The third-order valence-electron chi connectivity index (χ3n) is 4.09. The molecule has 0 saturated carbocycles. The maximum atomic E-state index is 12.7. The molecule has 0 aliphatic carbocycles. The summed E-state index contributed by atoms with van der Waals surface area (Å²) in [6, 6.07) is 14.4. The van der Waals surface area contributed by atoms with Crippen LogP contribution in [0.3, 0.4) is 0 Å². The Labute approximate surface area is 157 Å². The first kappa shape index (κ1) is 19.7. The van der Waals surface area contributed by atoms with Crippen LogP contribution in [0.25, 0.3) is 22.3 Å². The number of carbonyl (C=O) groups is 1. The summed E-state index contributed by atoms with van der Waals surface area (Å²) in [7, 11) is 0. The number of halogens is 1. The predicted octanol–water partition coefficient (Wildman–Crippen LogP) is 3.27. The molecule has 1 amide bonds. The summed E-state index contributed by atoms with van der Waals surface area (Å²) >= 11 is 0. The van der Waals surface area contributed by atoms with Crippen LogP contribution >= 0.6 is 12.4 Å². The summed E-state index contributed by atoms with van der Waals surface area (Å²) in [5.74, 6) is 0.213. The van der Waals surface area contributed by atoms with Crippen LogP contribution in [-0.4, -0.2) is 19.0 Å². The molecule has 3 rings (SSSR count). The van der Waals surface area contributed by atoms with E-state index in [1.54, 1.807) is 25.1 Å². The quantitative estimate of drug-likeness (QED) is 0.673.